The van der Waals surface area contributed by atoms with Gasteiger partial charge in [0.05, 0.1) is 7.11 Å². The molecule has 3 aromatic rings. The summed E-state index contributed by atoms with van der Waals surface area (Å²) < 4.78 is 16.1. The van der Waals surface area contributed by atoms with Crippen LogP contribution in [0.1, 0.15) is 10.6 Å². The molecule has 0 unspecified atom stereocenters. The van der Waals surface area contributed by atoms with Crippen molar-refractivity contribution in [1.29, 1.82) is 0 Å². The lowest BCUT2D eigenvalue weighted by Crippen LogP contribution is -2.10. The Labute approximate surface area is 121 Å². The monoisotopic (exact) mass is 282 g/mol. The van der Waals surface area contributed by atoms with Crippen molar-refractivity contribution in [3.05, 3.63) is 60.4 Å². The topological polar surface area (TPSA) is 48.7 Å². The lowest BCUT2D eigenvalue weighted by molar-refractivity contribution is 0.0895. The number of benzene rings is 2. The molecular formula is C17H14O4. The van der Waals surface area contributed by atoms with E-state index >= 15 is 0 Å². The number of fused-ring (bicyclic) bond motifs is 1. The third-order valence-electron chi connectivity index (χ3n) is 3.11. The SMILES string of the molecule is COc1cccc(OCC(=O)c2cc3ccccc3o2)c1. The molecule has 0 atom stereocenters. The lowest BCUT2D eigenvalue weighted by Gasteiger charge is -2.05. The molecule has 0 spiro atoms. The Hall–Kier alpha value is -2.75. The minimum absolute atomic E-state index is 0.0764. The van der Waals surface area contributed by atoms with E-state index < -0.39 is 0 Å². The summed E-state index contributed by atoms with van der Waals surface area (Å²) in [6, 6.07) is 16.3. The second-order valence-corrected chi connectivity index (χ2v) is 4.54. The Morgan fingerprint density at radius 1 is 1.05 bits per heavy atom. The van der Waals surface area contributed by atoms with Crippen molar-refractivity contribution in [2.24, 2.45) is 0 Å². The third kappa shape index (κ3) is 2.89. The molecule has 0 amide bonds. The van der Waals surface area contributed by atoms with E-state index in [2.05, 4.69) is 0 Å². The predicted octanol–water partition coefficient (Wildman–Crippen LogP) is 3.70. The summed E-state index contributed by atoms with van der Waals surface area (Å²) >= 11 is 0. The van der Waals surface area contributed by atoms with Gasteiger partial charge in [-0.05, 0) is 24.3 Å². The number of carbonyl (C=O) groups is 1. The highest BCUT2D eigenvalue weighted by Crippen LogP contribution is 2.21. The van der Waals surface area contributed by atoms with Crippen LogP contribution in [-0.2, 0) is 0 Å². The normalized spacial score (nSPS) is 10.5. The Morgan fingerprint density at radius 2 is 1.86 bits per heavy atom. The highest BCUT2D eigenvalue weighted by molar-refractivity contribution is 5.98. The second kappa shape index (κ2) is 5.71. The predicted molar refractivity (Wildman–Crippen MR) is 79.0 cm³/mol. The van der Waals surface area contributed by atoms with E-state index in [-0.39, 0.29) is 12.4 Å². The number of Topliss-reactive ketones (excluding diaryl/α,β-unsaturated/α-hetero) is 1. The van der Waals surface area contributed by atoms with E-state index in [9.17, 15) is 4.79 Å². The standard InChI is InChI=1S/C17H14O4/c1-19-13-6-4-7-14(10-13)20-11-15(18)17-9-12-5-2-3-8-16(12)21-17/h2-10H,11H2,1H3. The number of ether oxygens (including phenoxy) is 2. The molecule has 2 aromatic carbocycles. The molecule has 106 valence electrons. The molecular weight excluding hydrogens is 268 g/mol. The van der Waals surface area contributed by atoms with Crippen molar-refractivity contribution in [2.75, 3.05) is 13.7 Å². The van der Waals surface area contributed by atoms with Crippen molar-refractivity contribution in [3.8, 4) is 11.5 Å². The van der Waals surface area contributed by atoms with Crippen molar-refractivity contribution in [2.45, 2.75) is 0 Å². The molecule has 0 aliphatic carbocycles. The van der Waals surface area contributed by atoms with Crippen LogP contribution in [0.15, 0.2) is 59.0 Å². The van der Waals surface area contributed by atoms with Crippen LogP contribution >= 0.6 is 0 Å². The van der Waals surface area contributed by atoms with Crippen LogP contribution in [-0.4, -0.2) is 19.5 Å². The number of para-hydroxylation sites is 1. The number of hydrogen-bond donors (Lipinski definition) is 0. The average molecular weight is 282 g/mol. The summed E-state index contributed by atoms with van der Waals surface area (Å²) in [4.78, 5) is 12.1. The van der Waals surface area contributed by atoms with Crippen LogP contribution < -0.4 is 9.47 Å². The van der Waals surface area contributed by atoms with Crippen molar-refractivity contribution >= 4 is 16.8 Å². The maximum atomic E-state index is 12.1. The first-order valence-corrected chi connectivity index (χ1v) is 6.55. The second-order valence-electron chi connectivity index (χ2n) is 4.54. The Morgan fingerprint density at radius 3 is 2.67 bits per heavy atom. The van der Waals surface area contributed by atoms with Gasteiger partial charge in [-0.2, -0.15) is 0 Å². The van der Waals surface area contributed by atoms with E-state index in [4.69, 9.17) is 13.9 Å². The summed E-state index contributed by atoms with van der Waals surface area (Å²) in [7, 11) is 1.58. The molecule has 0 N–H and O–H groups in total. The fourth-order valence-corrected chi connectivity index (χ4v) is 2.03. The molecule has 0 aliphatic heterocycles. The largest absolute Gasteiger partial charge is 0.497 e. The number of rotatable bonds is 5. The summed E-state index contributed by atoms with van der Waals surface area (Å²) in [5.74, 6) is 1.37. The molecule has 1 aromatic heterocycles. The summed E-state index contributed by atoms with van der Waals surface area (Å²) in [5, 5.41) is 0.905. The summed E-state index contributed by atoms with van der Waals surface area (Å²) in [5.41, 5.74) is 0.697. The number of furan rings is 1. The van der Waals surface area contributed by atoms with Crippen molar-refractivity contribution < 1.29 is 18.7 Å². The van der Waals surface area contributed by atoms with Gasteiger partial charge in [0.1, 0.15) is 17.1 Å². The fraction of sp³-hybridized carbons (Fsp3) is 0.118. The van der Waals surface area contributed by atoms with Gasteiger partial charge in [-0.3, -0.25) is 4.79 Å². The third-order valence-corrected chi connectivity index (χ3v) is 3.11. The van der Waals surface area contributed by atoms with Gasteiger partial charge >= 0.3 is 0 Å². The molecule has 4 nitrogen and oxygen atoms in total. The van der Waals surface area contributed by atoms with E-state index in [1.807, 2.05) is 30.3 Å². The van der Waals surface area contributed by atoms with Crippen LogP contribution in [0.4, 0.5) is 0 Å². The van der Waals surface area contributed by atoms with Gasteiger partial charge in [0.2, 0.25) is 5.78 Å². The number of ketones is 1. The zero-order valence-corrected chi connectivity index (χ0v) is 11.5. The van der Waals surface area contributed by atoms with E-state index in [0.29, 0.717) is 22.8 Å². The van der Waals surface area contributed by atoms with E-state index in [0.717, 1.165) is 5.39 Å². The smallest absolute Gasteiger partial charge is 0.235 e. The van der Waals surface area contributed by atoms with Gasteiger partial charge in [-0.25, -0.2) is 0 Å². The molecule has 0 fully saturated rings. The van der Waals surface area contributed by atoms with Crippen molar-refractivity contribution in [1.82, 2.24) is 0 Å². The first-order valence-electron chi connectivity index (χ1n) is 6.55. The van der Waals surface area contributed by atoms with Gasteiger partial charge in [0, 0.05) is 11.5 Å². The van der Waals surface area contributed by atoms with E-state index in [1.165, 1.54) is 0 Å². The molecule has 3 rings (SSSR count). The Balaban J connectivity index is 1.71. The van der Waals surface area contributed by atoms with Crippen LogP contribution in [0.2, 0.25) is 0 Å². The van der Waals surface area contributed by atoms with Crippen LogP contribution in [0, 0.1) is 0 Å². The molecule has 0 saturated heterocycles. The molecule has 0 saturated carbocycles. The maximum Gasteiger partial charge on any atom is 0.235 e. The number of hydrogen-bond acceptors (Lipinski definition) is 4. The van der Waals surface area contributed by atoms with Gasteiger partial charge < -0.3 is 13.9 Å². The molecule has 1 heterocycles. The molecule has 0 radical (unpaired) electrons. The Bertz CT molecular complexity index is 740. The highest BCUT2D eigenvalue weighted by Gasteiger charge is 2.13. The van der Waals surface area contributed by atoms with Gasteiger partial charge in [0.15, 0.2) is 12.4 Å². The molecule has 0 bridgehead atoms. The lowest BCUT2D eigenvalue weighted by atomic mass is 10.2. The van der Waals surface area contributed by atoms with Crippen LogP contribution in [0.3, 0.4) is 0 Å². The Kier molecular flexibility index (Phi) is 3.60. The van der Waals surface area contributed by atoms with Gasteiger partial charge in [-0.1, -0.05) is 24.3 Å². The zero-order chi connectivity index (χ0) is 14.7. The average Bonchev–Trinajstić information content (AvgIpc) is 2.97. The van der Waals surface area contributed by atoms with Gasteiger partial charge in [-0.15, -0.1) is 0 Å². The van der Waals surface area contributed by atoms with Gasteiger partial charge in [0.25, 0.3) is 0 Å². The fourth-order valence-electron chi connectivity index (χ4n) is 2.03. The number of methoxy groups -OCH3 is 1. The number of carbonyl (C=O) groups excluding carboxylic acids is 1. The zero-order valence-electron chi connectivity index (χ0n) is 11.5. The summed E-state index contributed by atoms with van der Waals surface area (Å²) in [6.07, 6.45) is 0. The molecule has 21 heavy (non-hydrogen) atoms. The maximum absolute atomic E-state index is 12.1. The minimum Gasteiger partial charge on any atom is -0.497 e. The van der Waals surface area contributed by atoms with Crippen LogP contribution in [0.25, 0.3) is 11.0 Å². The summed E-state index contributed by atoms with van der Waals surface area (Å²) in [6.45, 7) is -0.0764. The highest BCUT2D eigenvalue weighted by atomic mass is 16.5. The van der Waals surface area contributed by atoms with Crippen LogP contribution in [0.5, 0.6) is 11.5 Å². The van der Waals surface area contributed by atoms with Crippen molar-refractivity contribution in [3.63, 3.8) is 0 Å². The molecule has 4 heteroatoms. The van der Waals surface area contributed by atoms with E-state index in [1.54, 1.807) is 31.4 Å². The quantitative estimate of drug-likeness (QED) is 0.669. The minimum atomic E-state index is -0.200. The first-order chi connectivity index (χ1) is 10.3. The first kappa shape index (κ1) is 13.2. The molecule has 0 aliphatic rings.